The quantitative estimate of drug-likeness (QED) is 0.749. The number of piperidine rings is 1. The zero-order chi connectivity index (χ0) is 12.1. The molecule has 1 aromatic rings. The van der Waals surface area contributed by atoms with Gasteiger partial charge in [0, 0.05) is 31.2 Å². The van der Waals surface area contributed by atoms with Gasteiger partial charge in [0.25, 0.3) is 0 Å². The molecule has 1 aliphatic heterocycles. The lowest BCUT2D eigenvalue weighted by molar-refractivity contribution is -0.148. The summed E-state index contributed by atoms with van der Waals surface area (Å²) in [5, 5.41) is 0. The molecule has 0 N–H and O–H groups in total. The van der Waals surface area contributed by atoms with E-state index in [2.05, 4.69) is 9.88 Å². The van der Waals surface area contributed by atoms with E-state index in [9.17, 15) is 4.79 Å². The molecule has 0 radical (unpaired) electrons. The van der Waals surface area contributed by atoms with Gasteiger partial charge in [0.15, 0.2) is 0 Å². The summed E-state index contributed by atoms with van der Waals surface area (Å²) >= 11 is 0. The summed E-state index contributed by atoms with van der Waals surface area (Å²) in [5.74, 6) is -0.0527. The van der Waals surface area contributed by atoms with Gasteiger partial charge in [-0.25, -0.2) is 0 Å². The molecule has 2 heterocycles. The molecule has 1 fully saturated rings. The lowest BCUT2D eigenvalue weighted by atomic mass is 9.98. The Bertz CT molecular complexity index is 367. The fourth-order valence-corrected chi connectivity index (χ4v) is 2.22. The molecule has 4 heteroatoms. The first-order valence-electron chi connectivity index (χ1n) is 6.13. The summed E-state index contributed by atoms with van der Waals surface area (Å²) in [5.41, 5.74) is 1.13. The highest BCUT2D eigenvalue weighted by Gasteiger charge is 2.26. The fourth-order valence-electron chi connectivity index (χ4n) is 2.22. The highest BCUT2D eigenvalue weighted by molar-refractivity contribution is 5.73. The normalized spacial score (nSPS) is 20.1. The van der Waals surface area contributed by atoms with E-state index in [-0.39, 0.29) is 11.9 Å². The zero-order valence-electron chi connectivity index (χ0n) is 10.1. The lowest BCUT2D eigenvalue weighted by Crippen LogP contribution is -2.39. The molecule has 0 bridgehead atoms. The standard InChI is InChI=1S/C13H18N2O2/c1-2-17-13(16)11-4-3-9-15(10-11)12-5-7-14-8-6-12/h5-8,11H,2-4,9-10H2,1H3/t11-/m1/s1. The summed E-state index contributed by atoms with van der Waals surface area (Å²) in [7, 11) is 0. The van der Waals surface area contributed by atoms with Gasteiger partial charge in [0.2, 0.25) is 0 Å². The predicted molar refractivity (Wildman–Crippen MR) is 65.8 cm³/mol. The van der Waals surface area contributed by atoms with Crippen LogP contribution in [0.1, 0.15) is 19.8 Å². The number of rotatable bonds is 3. The number of carbonyl (C=O) groups is 1. The van der Waals surface area contributed by atoms with Crippen LogP contribution >= 0.6 is 0 Å². The topological polar surface area (TPSA) is 42.4 Å². The summed E-state index contributed by atoms with van der Waals surface area (Å²) in [6.07, 6.45) is 5.53. The summed E-state index contributed by atoms with van der Waals surface area (Å²) < 4.78 is 5.09. The van der Waals surface area contributed by atoms with E-state index in [0.29, 0.717) is 6.61 Å². The van der Waals surface area contributed by atoms with Crippen LogP contribution in [0.25, 0.3) is 0 Å². The number of hydrogen-bond acceptors (Lipinski definition) is 4. The van der Waals surface area contributed by atoms with Crippen LogP contribution < -0.4 is 4.90 Å². The van der Waals surface area contributed by atoms with Crippen molar-refractivity contribution in [3.8, 4) is 0 Å². The Morgan fingerprint density at radius 2 is 2.29 bits per heavy atom. The van der Waals surface area contributed by atoms with Crippen LogP contribution in [0.4, 0.5) is 5.69 Å². The second-order valence-electron chi connectivity index (χ2n) is 4.24. The minimum atomic E-state index is -0.0637. The van der Waals surface area contributed by atoms with Gasteiger partial charge in [0.05, 0.1) is 12.5 Å². The molecule has 0 amide bonds. The number of ether oxygens (including phenoxy) is 1. The molecule has 1 atom stereocenters. The monoisotopic (exact) mass is 234 g/mol. The molecule has 1 saturated heterocycles. The highest BCUT2D eigenvalue weighted by atomic mass is 16.5. The second-order valence-corrected chi connectivity index (χ2v) is 4.24. The highest BCUT2D eigenvalue weighted by Crippen LogP contribution is 2.23. The molecule has 0 unspecified atom stereocenters. The van der Waals surface area contributed by atoms with Crippen molar-refractivity contribution in [2.24, 2.45) is 5.92 Å². The van der Waals surface area contributed by atoms with Gasteiger partial charge >= 0.3 is 5.97 Å². The first kappa shape index (κ1) is 11.9. The van der Waals surface area contributed by atoms with E-state index in [0.717, 1.165) is 31.6 Å². The summed E-state index contributed by atoms with van der Waals surface area (Å²) in [6.45, 7) is 4.06. The molecule has 0 spiro atoms. The van der Waals surface area contributed by atoms with Crippen LogP contribution in [0.3, 0.4) is 0 Å². The van der Waals surface area contributed by atoms with Crippen molar-refractivity contribution in [2.45, 2.75) is 19.8 Å². The average Bonchev–Trinajstić information content (AvgIpc) is 2.40. The van der Waals surface area contributed by atoms with E-state index in [1.165, 1.54) is 0 Å². The van der Waals surface area contributed by atoms with E-state index in [4.69, 9.17) is 4.74 Å². The Morgan fingerprint density at radius 3 is 3.00 bits per heavy atom. The summed E-state index contributed by atoms with van der Waals surface area (Å²) in [6, 6.07) is 3.96. The minimum absolute atomic E-state index is 0.0110. The van der Waals surface area contributed by atoms with Gasteiger partial charge < -0.3 is 9.64 Å². The Balaban J connectivity index is 2.00. The molecular weight excluding hydrogens is 216 g/mol. The van der Waals surface area contributed by atoms with Gasteiger partial charge in [-0.15, -0.1) is 0 Å². The largest absolute Gasteiger partial charge is 0.466 e. The van der Waals surface area contributed by atoms with Crippen molar-refractivity contribution in [1.82, 2.24) is 4.98 Å². The lowest BCUT2D eigenvalue weighted by Gasteiger charge is -2.33. The Hall–Kier alpha value is -1.58. The van der Waals surface area contributed by atoms with Crippen molar-refractivity contribution < 1.29 is 9.53 Å². The Kier molecular flexibility index (Phi) is 3.96. The Morgan fingerprint density at radius 1 is 1.53 bits per heavy atom. The van der Waals surface area contributed by atoms with E-state index in [1.807, 2.05) is 19.1 Å². The van der Waals surface area contributed by atoms with E-state index >= 15 is 0 Å². The van der Waals surface area contributed by atoms with Crippen LogP contribution in [0.15, 0.2) is 24.5 Å². The van der Waals surface area contributed by atoms with Gasteiger partial charge in [-0.05, 0) is 31.9 Å². The number of anilines is 1. The maximum Gasteiger partial charge on any atom is 0.310 e. The molecule has 92 valence electrons. The molecule has 0 aromatic carbocycles. The van der Waals surface area contributed by atoms with Crippen molar-refractivity contribution in [2.75, 3.05) is 24.6 Å². The Labute approximate surface area is 102 Å². The first-order chi connectivity index (χ1) is 8.31. The van der Waals surface area contributed by atoms with Crippen molar-refractivity contribution in [3.05, 3.63) is 24.5 Å². The third-order valence-electron chi connectivity index (χ3n) is 3.07. The average molecular weight is 234 g/mol. The predicted octanol–water partition coefficient (Wildman–Crippen LogP) is 1.86. The van der Waals surface area contributed by atoms with Crippen molar-refractivity contribution in [3.63, 3.8) is 0 Å². The van der Waals surface area contributed by atoms with Crippen LogP contribution in [-0.2, 0) is 9.53 Å². The van der Waals surface area contributed by atoms with Crippen molar-refractivity contribution >= 4 is 11.7 Å². The first-order valence-corrected chi connectivity index (χ1v) is 6.13. The minimum Gasteiger partial charge on any atom is -0.466 e. The number of pyridine rings is 1. The van der Waals surface area contributed by atoms with Crippen molar-refractivity contribution in [1.29, 1.82) is 0 Å². The maximum atomic E-state index is 11.7. The van der Waals surface area contributed by atoms with Crippen LogP contribution in [0, 0.1) is 5.92 Å². The van der Waals surface area contributed by atoms with Crippen LogP contribution in [0.5, 0.6) is 0 Å². The van der Waals surface area contributed by atoms with Crippen LogP contribution in [-0.4, -0.2) is 30.6 Å². The second kappa shape index (κ2) is 5.66. The SMILES string of the molecule is CCOC(=O)[C@@H]1CCCN(c2ccncc2)C1. The molecule has 2 rings (SSSR count). The zero-order valence-corrected chi connectivity index (χ0v) is 10.1. The molecule has 0 saturated carbocycles. The third kappa shape index (κ3) is 2.96. The van der Waals surface area contributed by atoms with Crippen LogP contribution in [0.2, 0.25) is 0 Å². The number of hydrogen-bond donors (Lipinski definition) is 0. The van der Waals surface area contributed by atoms with Gasteiger partial charge in [0.1, 0.15) is 0 Å². The number of esters is 1. The molecule has 0 aliphatic carbocycles. The molecular formula is C13H18N2O2. The maximum absolute atomic E-state index is 11.7. The number of aromatic nitrogens is 1. The summed E-state index contributed by atoms with van der Waals surface area (Å²) in [4.78, 5) is 17.9. The molecule has 17 heavy (non-hydrogen) atoms. The fraction of sp³-hybridized carbons (Fsp3) is 0.538. The number of carbonyl (C=O) groups excluding carboxylic acids is 1. The van der Waals surface area contributed by atoms with E-state index in [1.54, 1.807) is 12.4 Å². The molecule has 1 aliphatic rings. The molecule has 1 aromatic heterocycles. The third-order valence-corrected chi connectivity index (χ3v) is 3.07. The van der Waals surface area contributed by atoms with E-state index < -0.39 is 0 Å². The number of nitrogens with zero attached hydrogens (tertiary/aromatic N) is 2. The smallest absolute Gasteiger partial charge is 0.310 e. The van der Waals surface area contributed by atoms with Gasteiger partial charge in [-0.3, -0.25) is 9.78 Å². The van der Waals surface area contributed by atoms with Gasteiger partial charge in [-0.1, -0.05) is 0 Å². The molecule has 4 nitrogen and oxygen atoms in total. The van der Waals surface area contributed by atoms with Gasteiger partial charge in [-0.2, -0.15) is 0 Å².